The molecular weight excluding hydrogens is 226 g/mol. The van der Waals surface area contributed by atoms with Crippen LogP contribution in [0, 0.1) is 11.8 Å². The molecule has 0 saturated carbocycles. The van der Waals surface area contributed by atoms with Crippen molar-refractivity contribution in [1.29, 1.82) is 0 Å². The summed E-state index contributed by atoms with van der Waals surface area (Å²) >= 11 is 0. The summed E-state index contributed by atoms with van der Waals surface area (Å²) in [5, 5.41) is 10.5. The van der Waals surface area contributed by atoms with Gasteiger partial charge in [0.1, 0.15) is 0 Å². The van der Waals surface area contributed by atoms with Crippen LogP contribution in [0.1, 0.15) is 47.5 Å². The van der Waals surface area contributed by atoms with Crippen molar-refractivity contribution in [3.8, 4) is 0 Å². The molecule has 3 nitrogen and oxygen atoms in total. The van der Waals surface area contributed by atoms with E-state index in [1.54, 1.807) is 0 Å². The van der Waals surface area contributed by atoms with Gasteiger partial charge in [0.25, 0.3) is 0 Å². The van der Waals surface area contributed by atoms with Gasteiger partial charge in [-0.25, -0.2) is 0 Å². The van der Waals surface area contributed by atoms with Crippen LogP contribution in [0.4, 0.5) is 0 Å². The van der Waals surface area contributed by atoms with Crippen LogP contribution in [0.25, 0.3) is 0 Å². The highest BCUT2D eigenvalue weighted by molar-refractivity contribution is 5.02. The number of hydrogen-bond donors (Lipinski definition) is 1. The zero-order valence-corrected chi connectivity index (χ0v) is 12.6. The summed E-state index contributed by atoms with van der Waals surface area (Å²) < 4.78 is 6.05. The Morgan fingerprint density at radius 2 is 1.67 bits per heavy atom. The lowest BCUT2D eigenvalue weighted by Gasteiger charge is -2.36. The molecule has 2 unspecified atom stereocenters. The maximum atomic E-state index is 10.5. The second-order valence-corrected chi connectivity index (χ2v) is 7.34. The highest BCUT2D eigenvalue weighted by Crippen LogP contribution is 2.42. The zero-order chi connectivity index (χ0) is 13.6. The second kappa shape index (κ2) is 4.77. The molecule has 2 fully saturated rings. The number of aliphatic hydroxyl groups is 1. The standard InChI is InChI=1S/C15H29NO2/c1-11-6-8-16(9-7-11)10-12-13(17)15(4,5)18-14(12,2)3/h11-13,17H,6-10H2,1-5H3. The molecule has 3 heteroatoms. The van der Waals surface area contributed by atoms with Gasteiger partial charge in [0.05, 0.1) is 17.3 Å². The summed E-state index contributed by atoms with van der Waals surface area (Å²) in [5.41, 5.74) is -0.650. The topological polar surface area (TPSA) is 32.7 Å². The van der Waals surface area contributed by atoms with Crippen molar-refractivity contribution in [2.24, 2.45) is 11.8 Å². The molecule has 0 bridgehead atoms. The van der Waals surface area contributed by atoms with Gasteiger partial charge < -0.3 is 14.7 Å². The van der Waals surface area contributed by atoms with E-state index in [4.69, 9.17) is 4.74 Å². The van der Waals surface area contributed by atoms with E-state index in [2.05, 4.69) is 25.7 Å². The first-order chi connectivity index (χ1) is 8.22. The predicted molar refractivity (Wildman–Crippen MR) is 73.6 cm³/mol. The van der Waals surface area contributed by atoms with Crippen LogP contribution in [0.2, 0.25) is 0 Å². The fourth-order valence-corrected chi connectivity index (χ4v) is 3.52. The van der Waals surface area contributed by atoms with Gasteiger partial charge in [0.15, 0.2) is 0 Å². The molecule has 18 heavy (non-hydrogen) atoms. The second-order valence-electron chi connectivity index (χ2n) is 7.34. The fourth-order valence-electron chi connectivity index (χ4n) is 3.52. The Morgan fingerprint density at radius 3 is 2.11 bits per heavy atom. The van der Waals surface area contributed by atoms with Crippen molar-refractivity contribution in [2.75, 3.05) is 19.6 Å². The van der Waals surface area contributed by atoms with Crippen LogP contribution in [0.5, 0.6) is 0 Å². The Labute approximate surface area is 112 Å². The first kappa shape index (κ1) is 14.3. The number of hydrogen-bond acceptors (Lipinski definition) is 3. The van der Waals surface area contributed by atoms with Crippen LogP contribution in [0.15, 0.2) is 0 Å². The molecule has 2 rings (SSSR count). The van der Waals surface area contributed by atoms with Crippen LogP contribution < -0.4 is 0 Å². The minimum atomic E-state index is -0.419. The Bertz CT molecular complexity index is 293. The first-order valence-electron chi connectivity index (χ1n) is 7.33. The quantitative estimate of drug-likeness (QED) is 0.821. The SMILES string of the molecule is CC1CCN(CC2C(O)C(C)(C)OC2(C)C)CC1. The normalized spacial score (nSPS) is 37.0. The predicted octanol–water partition coefficient (Wildman–Crippen LogP) is 2.28. The lowest BCUT2D eigenvalue weighted by Crippen LogP contribution is -2.45. The van der Waals surface area contributed by atoms with E-state index < -0.39 is 5.60 Å². The van der Waals surface area contributed by atoms with E-state index in [-0.39, 0.29) is 17.6 Å². The summed E-state index contributed by atoms with van der Waals surface area (Å²) in [4.78, 5) is 2.50. The molecule has 0 aromatic rings. The Morgan fingerprint density at radius 1 is 1.11 bits per heavy atom. The zero-order valence-electron chi connectivity index (χ0n) is 12.6. The van der Waals surface area contributed by atoms with Gasteiger partial charge in [0, 0.05) is 12.5 Å². The molecule has 2 aliphatic heterocycles. The summed E-state index contributed by atoms with van der Waals surface area (Å²) in [5.74, 6) is 1.07. The molecule has 0 aliphatic carbocycles. The number of piperidine rings is 1. The van der Waals surface area contributed by atoms with E-state index in [1.165, 1.54) is 25.9 Å². The van der Waals surface area contributed by atoms with Crippen molar-refractivity contribution in [3.05, 3.63) is 0 Å². The Hall–Kier alpha value is -0.120. The summed E-state index contributed by atoms with van der Waals surface area (Å²) in [6.45, 7) is 13.9. The van der Waals surface area contributed by atoms with Crippen LogP contribution in [0.3, 0.4) is 0 Å². The molecule has 2 heterocycles. The van der Waals surface area contributed by atoms with E-state index in [9.17, 15) is 5.11 Å². The van der Waals surface area contributed by atoms with Crippen molar-refractivity contribution in [2.45, 2.75) is 64.8 Å². The molecule has 106 valence electrons. The van der Waals surface area contributed by atoms with Crippen LogP contribution >= 0.6 is 0 Å². The van der Waals surface area contributed by atoms with Gasteiger partial charge in [-0.2, -0.15) is 0 Å². The molecule has 2 atom stereocenters. The lowest BCUT2D eigenvalue weighted by atomic mass is 9.83. The van der Waals surface area contributed by atoms with E-state index >= 15 is 0 Å². The number of rotatable bonds is 2. The molecule has 0 amide bonds. The monoisotopic (exact) mass is 255 g/mol. The summed E-state index contributed by atoms with van der Waals surface area (Å²) in [6, 6.07) is 0. The lowest BCUT2D eigenvalue weighted by molar-refractivity contribution is -0.0914. The van der Waals surface area contributed by atoms with Crippen molar-refractivity contribution in [3.63, 3.8) is 0 Å². The van der Waals surface area contributed by atoms with Gasteiger partial charge in [-0.3, -0.25) is 0 Å². The third-order valence-corrected chi connectivity index (χ3v) is 4.84. The average molecular weight is 255 g/mol. The number of aliphatic hydroxyl groups excluding tert-OH is 1. The minimum absolute atomic E-state index is 0.209. The van der Waals surface area contributed by atoms with Crippen molar-refractivity contribution >= 4 is 0 Å². The van der Waals surface area contributed by atoms with Gasteiger partial charge in [0.2, 0.25) is 0 Å². The highest BCUT2D eigenvalue weighted by atomic mass is 16.5. The molecule has 1 N–H and O–H groups in total. The first-order valence-corrected chi connectivity index (χ1v) is 7.33. The average Bonchev–Trinajstić information content (AvgIpc) is 2.39. The smallest absolute Gasteiger partial charge is 0.0896 e. The number of likely N-dealkylation sites (tertiary alicyclic amines) is 1. The minimum Gasteiger partial charge on any atom is -0.390 e. The van der Waals surface area contributed by atoms with E-state index in [1.807, 2.05) is 13.8 Å². The number of ether oxygens (including phenoxy) is 1. The maximum absolute atomic E-state index is 10.5. The van der Waals surface area contributed by atoms with Gasteiger partial charge in [-0.1, -0.05) is 6.92 Å². The molecule has 2 aliphatic rings. The van der Waals surface area contributed by atoms with Gasteiger partial charge >= 0.3 is 0 Å². The van der Waals surface area contributed by atoms with Crippen molar-refractivity contribution in [1.82, 2.24) is 4.90 Å². The Balaban J connectivity index is 2.00. The van der Waals surface area contributed by atoms with Crippen LogP contribution in [-0.4, -0.2) is 46.9 Å². The molecular formula is C15H29NO2. The van der Waals surface area contributed by atoms with Crippen LogP contribution in [-0.2, 0) is 4.74 Å². The third-order valence-electron chi connectivity index (χ3n) is 4.84. The molecule has 0 aromatic heterocycles. The molecule has 0 radical (unpaired) electrons. The Kier molecular flexibility index (Phi) is 3.79. The van der Waals surface area contributed by atoms with E-state index in [0.717, 1.165) is 12.5 Å². The molecule has 2 saturated heterocycles. The maximum Gasteiger partial charge on any atom is 0.0896 e. The molecule has 0 spiro atoms. The highest BCUT2D eigenvalue weighted by Gasteiger charge is 2.53. The molecule has 0 aromatic carbocycles. The van der Waals surface area contributed by atoms with Gasteiger partial charge in [-0.05, 0) is 59.5 Å². The van der Waals surface area contributed by atoms with Gasteiger partial charge in [-0.15, -0.1) is 0 Å². The number of nitrogens with zero attached hydrogens (tertiary/aromatic N) is 1. The summed E-state index contributed by atoms with van der Waals surface area (Å²) in [7, 11) is 0. The van der Waals surface area contributed by atoms with E-state index in [0.29, 0.717) is 0 Å². The fraction of sp³-hybridized carbons (Fsp3) is 1.00. The summed E-state index contributed by atoms with van der Waals surface area (Å²) in [6.07, 6.45) is 2.20. The largest absolute Gasteiger partial charge is 0.390 e. The third kappa shape index (κ3) is 2.73. The van der Waals surface area contributed by atoms with Crippen molar-refractivity contribution < 1.29 is 9.84 Å².